The first kappa shape index (κ1) is 13.0. The van der Waals surface area contributed by atoms with Crippen molar-refractivity contribution < 1.29 is 9.84 Å². The van der Waals surface area contributed by atoms with Crippen LogP contribution < -0.4 is 0 Å². The van der Waals surface area contributed by atoms with Crippen molar-refractivity contribution in [2.45, 2.75) is 17.9 Å². The number of methoxy groups -OCH3 is 1. The average molecular weight is 237 g/mol. The van der Waals surface area contributed by atoms with Crippen molar-refractivity contribution in [2.24, 2.45) is 0 Å². The molecule has 0 saturated carbocycles. The van der Waals surface area contributed by atoms with E-state index in [9.17, 15) is 0 Å². The van der Waals surface area contributed by atoms with Crippen LogP contribution in [0.1, 0.15) is 17.5 Å². The second kappa shape index (κ2) is 7.29. The number of rotatable bonds is 6. The highest BCUT2D eigenvalue weighted by Gasteiger charge is 2.03. The van der Waals surface area contributed by atoms with Gasteiger partial charge in [0.05, 0.1) is 12.2 Å². The lowest BCUT2D eigenvalue weighted by Crippen LogP contribution is -1.92. The Morgan fingerprint density at radius 3 is 2.94 bits per heavy atom. The molecule has 0 heterocycles. The van der Waals surface area contributed by atoms with Crippen molar-refractivity contribution in [3.8, 4) is 6.07 Å². The molecule has 3 nitrogen and oxygen atoms in total. The SMILES string of the molecule is COCCCSc1ccc(CO)cc1C#N. The predicted octanol–water partition coefficient (Wildman–Crippen LogP) is 2.18. The largest absolute Gasteiger partial charge is 0.392 e. The fourth-order valence-electron chi connectivity index (χ4n) is 1.27. The topological polar surface area (TPSA) is 53.2 Å². The molecule has 0 fully saturated rings. The van der Waals surface area contributed by atoms with Gasteiger partial charge in [0, 0.05) is 24.4 Å². The van der Waals surface area contributed by atoms with Gasteiger partial charge < -0.3 is 9.84 Å². The summed E-state index contributed by atoms with van der Waals surface area (Å²) in [7, 11) is 1.68. The Labute approximate surface area is 100 Å². The Balaban J connectivity index is 2.62. The minimum absolute atomic E-state index is 0.0245. The van der Waals surface area contributed by atoms with Gasteiger partial charge in [-0.05, 0) is 24.1 Å². The summed E-state index contributed by atoms with van der Waals surface area (Å²) in [6.45, 7) is 0.715. The molecule has 86 valence electrons. The number of ether oxygens (including phenoxy) is 1. The van der Waals surface area contributed by atoms with E-state index in [0.717, 1.165) is 29.2 Å². The number of aliphatic hydroxyl groups is 1. The van der Waals surface area contributed by atoms with Crippen LogP contribution >= 0.6 is 11.8 Å². The first-order chi connectivity index (χ1) is 7.81. The molecule has 1 aromatic carbocycles. The van der Waals surface area contributed by atoms with Crippen molar-refractivity contribution in [1.29, 1.82) is 5.26 Å². The Hall–Kier alpha value is -1.02. The molecule has 1 N–H and O–H groups in total. The molecule has 0 saturated heterocycles. The van der Waals surface area contributed by atoms with E-state index >= 15 is 0 Å². The third kappa shape index (κ3) is 3.86. The summed E-state index contributed by atoms with van der Waals surface area (Å²) < 4.78 is 4.96. The van der Waals surface area contributed by atoms with Crippen molar-refractivity contribution in [3.05, 3.63) is 29.3 Å². The molecule has 4 heteroatoms. The van der Waals surface area contributed by atoms with Crippen LogP contribution in [0.2, 0.25) is 0 Å². The number of nitriles is 1. The van der Waals surface area contributed by atoms with Crippen LogP contribution in [-0.4, -0.2) is 24.6 Å². The van der Waals surface area contributed by atoms with Gasteiger partial charge in [0.15, 0.2) is 0 Å². The standard InChI is InChI=1S/C12H15NO2S/c1-15-5-2-6-16-12-4-3-10(9-14)7-11(12)8-13/h3-4,7,14H,2,5-6,9H2,1H3. The molecule has 1 aromatic rings. The number of aliphatic hydroxyl groups excluding tert-OH is 1. The second-order valence-electron chi connectivity index (χ2n) is 3.30. The van der Waals surface area contributed by atoms with Gasteiger partial charge in [0.1, 0.15) is 6.07 Å². The number of hydrogen-bond donors (Lipinski definition) is 1. The van der Waals surface area contributed by atoms with E-state index in [0.29, 0.717) is 5.56 Å². The maximum absolute atomic E-state index is 8.97. The van der Waals surface area contributed by atoms with E-state index in [1.54, 1.807) is 24.9 Å². The monoisotopic (exact) mass is 237 g/mol. The number of thioether (sulfide) groups is 1. The number of benzene rings is 1. The van der Waals surface area contributed by atoms with Crippen LogP contribution in [0.25, 0.3) is 0 Å². The fourth-order valence-corrected chi connectivity index (χ4v) is 2.18. The van der Waals surface area contributed by atoms with Crippen LogP contribution in [0.15, 0.2) is 23.1 Å². The quantitative estimate of drug-likeness (QED) is 0.608. The van der Waals surface area contributed by atoms with Crippen LogP contribution in [0.3, 0.4) is 0 Å². The van der Waals surface area contributed by atoms with E-state index in [2.05, 4.69) is 6.07 Å². The van der Waals surface area contributed by atoms with Crippen LogP contribution in [0.5, 0.6) is 0 Å². The molecular weight excluding hydrogens is 222 g/mol. The molecule has 0 radical (unpaired) electrons. The number of hydrogen-bond acceptors (Lipinski definition) is 4. The third-order valence-electron chi connectivity index (χ3n) is 2.10. The van der Waals surface area contributed by atoms with Crippen molar-refractivity contribution in [1.82, 2.24) is 0 Å². The van der Waals surface area contributed by atoms with Crippen molar-refractivity contribution >= 4 is 11.8 Å². The van der Waals surface area contributed by atoms with E-state index in [4.69, 9.17) is 15.1 Å². The van der Waals surface area contributed by atoms with Gasteiger partial charge in [-0.1, -0.05) is 6.07 Å². The van der Waals surface area contributed by atoms with Gasteiger partial charge in [-0.3, -0.25) is 0 Å². The molecular formula is C12H15NO2S. The highest BCUT2D eigenvalue weighted by molar-refractivity contribution is 7.99. The van der Waals surface area contributed by atoms with Gasteiger partial charge in [0.25, 0.3) is 0 Å². The molecule has 0 aromatic heterocycles. The summed E-state index contributed by atoms with van der Waals surface area (Å²) in [5.74, 6) is 0.932. The fraction of sp³-hybridized carbons (Fsp3) is 0.417. The number of nitrogens with zero attached hydrogens (tertiary/aromatic N) is 1. The highest BCUT2D eigenvalue weighted by Crippen LogP contribution is 2.24. The molecule has 0 bridgehead atoms. The lowest BCUT2D eigenvalue weighted by atomic mass is 10.1. The normalized spacial score (nSPS) is 10.1. The first-order valence-electron chi connectivity index (χ1n) is 5.07. The van der Waals surface area contributed by atoms with Gasteiger partial charge in [0.2, 0.25) is 0 Å². The smallest absolute Gasteiger partial charge is 0.100 e. The molecule has 0 spiro atoms. The summed E-state index contributed by atoms with van der Waals surface area (Å²) in [5.41, 5.74) is 1.41. The summed E-state index contributed by atoms with van der Waals surface area (Å²) in [6, 6.07) is 7.62. The van der Waals surface area contributed by atoms with Crippen molar-refractivity contribution in [2.75, 3.05) is 19.5 Å². The maximum atomic E-state index is 8.97. The van der Waals surface area contributed by atoms with Crippen LogP contribution in [0.4, 0.5) is 0 Å². The molecule has 0 aliphatic carbocycles. The Morgan fingerprint density at radius 2 is 2.31 bits per heavy atom. The summed E-state index contributed by atoms with van der Waals surface area (Å²) in [4.78, 5) is 0.968. The van der Waals surface area contributed by atoms with Gasteiger partial charge in [-0.25, -0.2) is 0 Å². The summed E-state index contributed by atoms with van der Waals surface area (Å²) in [6.07, 6.45) is 0.966. The van der Waals surface area contributed by atoms with E-state index in [1.165, 1.54) is 0 Å². The zero-order valence-corrected chi connectivity index (χ0v) is 10.1. The molecule has 0 atom stereocenters. The van der Waals surface area contributed by atoms with Crippen LogP contribution in [0, 0.1) is 11.3 Å². The molecule has 0 unspecified atom stereocenters. The molecule has 0 aliphatic heterocycles. The van der Waals surface area contributed by atoms with E-state index < -0.39 is 0 Å². The van der Waals surface area contributed by atoms with E-state index in [1.807, 2.05) is 12.1 Å². The Bertz CT molecular complexity index is 374. The lowest BCUT2D eigenvalue weighted by molar-refractivity contribution is 0.200. The first-order valence-corrected chi connectivity index (χ1v) is 6.06. The zero-order chi connectivity index (χ0) is 11.8. The maximum Gasteiger partial charge on any atom is 0.100 e. The van der Waals surface area contributed by atoms with Crippen LogP contribution in [-0.2, 0) is 11.3 Å². The van der Waals surface area contributed by atoms with Gasteiger partial charge in [-0.15, -0.1) is 11.8 Å². The van der Waals surface area contributed by atoms with Crippen molar-refractivity contribution in [3.63, 3.8) is 0 Å². The predicted molar refractivity (Wildman–Crippen MR) is 64.3 cm³/mol. The lowest BCUT2D eigenvalue weighted by Gasteiger charge is -2.05. The zero-order valence-electron chi connectivity index (χ0n) is 9.27. The molecule has 0 aliphatic rings. The van der Waals surface area contributed by atoms with E-state index in [-0.39, 0.29) is 6.61 Å². The highest BCUT2D eigenvalue weighted by atomic mass is 32.2. The minimum atomic E-state index is -0.0245. The average Bonchev–Trinajstić information content (AvgIpc) is 2.34. The minimum Gasteiger partial charge on any atom is -0.392 e. The third-order valence-corrected chi connectivity index (χ3v) is 3.26. The Morgan fingerprint density at radius 1 is 1.50 bits per heavy atom. The Kier molecular flexibility index (Phi) is 5.94. The second-order valence-corrected chi connectivity index (χ2v) is 4.43. The molecule has 0 amide bonds. The summed E-state index contributed by atoms with van der Waals surface area (Å²) >= 11 is 1.65. The molecule has 16 heavy (non-hydrogen) atoms. The summed E-state index contributed by atoms with van der Waals surface area (Å²) in [5, 5.41) is 17.9. The van der Waals surface area contributed by atoms with Gasteiger partial charge in [-0.2, -0.15) is 5.26 Å². The molecule has 1 rings (SSSR count). The van der Waals surface area contributed by atoms with Gasteiger partial charge >= 0.3 is 0 Å².